The summed E-state index contributed by atoms with van der Waals surface area (Å²) >= 11 is 0. The van der Waals surface area contributed by atoms with Crippen LogP contribution in [0.15, 0.2) is 0 Å². The number of amides is 1. The molecule has 0 fully saturated rings. The number of hydrogen-bond donors (Lipinski definition) is 2. The highest BCUT2D eigenvalue weighted by molar-refractivity contribution is 5.84. The van der Waals surface area contributed by atoms with Gasteiger partial charge < -0.3 is 20.9 Å². The van der Waals surface area contributed by atoms with E-state index in [4.69, 9.17) is 5.73 Å². The molecule has 1 atom stereocenters. The molecule has 21 heavy (non-hydrogen) atoms. The van der Waals surface area contributed by atoms with Gasteiger partial charge in [-0.05, 0) is 59.8 Å². The number of carbonyl (C=O) groups is 1. The van der Waals surface area contributed by atoms with Crippen molar-refractivity contribution >= 4 is 5.91 Å². The second-order valence-corrected chi connectivity index (χ2v) is 6.90. The lowest BCUT2D eigenvalue weighted by atomic mass is 9.94. The molecule has 0 aliphatic rings. The molecule has 5 nitrogen and oxygen atoms in total. The van der Waals surface area contributed by atoms with Crippen LogP contribution in [0.4, 0.5) is 0 Å². The number of rotatable bonds is 12. The third kappa shape index (κ3) is 9.06. The minimum absolute atomic E-state index is 0.267. The summed E-state index contributed by atoms with van der Waals surface area (Å²) in [4.78, 5) is 16.2. The van der Waals surface area contributed by atoms with Gasteiger partial charge in [0.1, 0.15) is 0 Å². The Balaban J connectivity index is 4.14. The normalized spacial score (nSPS) is 14.9. The van der Waals surface area contributed by atoms with Gasteiger partial charge in [-0.25, -0.2) is 0 Å². The summed E-state index contributed by atoms with van der Waals surface area (Å²) in [6, 6.07) is 0. The monoisotopic (exact) mass is 300 g/mol. The van der Waals surface area contributed by atoms with E-state index < -0.39 is 5.54 Å². The maximum absolute atomic E-state index is 11.4. The summed E-state index contributed by atoms with van der Waals surface area (Å²) in [6.45, 7) is 10.8. The van der Waals surface area contributed by atoms with E-state index in [9.17, 15) is 4.79 Å². The van der Waals surface area contributed by atoms with E-state index in [1.165, 1.54) is 0 Å². The van der Waals surface area contributed by atoms with Crippen LogP contribution in [0, 0.1) is 5.92 Å². The van der Waals surface area contributed by atoms with E-state index in [1.807, 2.05) is 6.92 Å². The van der Waals surface area contributed by atoms with E-state index in [0.29, 0.717) is 5.92 Å². The molecule has 0 heterocycles. The molecule has 0 rings (SSSR count). The SMILES string of the molecule is CNC(C)(CCCCN(CCN(C)C)CC(C)C)C(N)=O. The van der Waals surface area contributed by atoms with Crippen molar-refractivity contribution < 1.29 is 4.79 Å². The van der Waals surface area contributed by atoms with E-state index in [1.54, 1.807) is 7.05 Å². The number of unbranched alkanes of at least 4 members (excludes halogenated alkanes) is 1. The van der Waals surface area contributed by atoms with Crippen molar-refractivity contribution in [1.29, 1.82) is 0 Å². The Kier molecular flexibility index (Phi) is 9.83. The maximum Gasteiger partial charge on any atom is 0.237 e. The van der Waals surface area contributed by atoms with Crippen molar-refractivity contribution in [1.82, 2.24) is 15.1 Å². The first-order valence-corrected chi connectivity index (χ1v) is 8.07. The fourth-order valence-corrected chi connectivity index (χ4v) is 2.34. The Morgan fingerprint density at radius 2 is 1.81 bits per heavy atom. The second kappa shape index (κ2) is 10.1. The summed E-state index contributed by atoms with van der Waals surface area (Å²) in [6.07, 6.45) is 2.91. The zero-order valence-corrected chi connectivity index (χ0v) is 14.9. The van der Waals surface area contributed by atoms with Crippen LogP contribution >= 0.6 is 0 Å². The van der Waals surface area contributed by atoms with Crippen LogP contribution in [0.2, 0.25) is 0 Å². The fourth-order valence-electron chi connectivity index (χ4n) is 2.34. The highest BCUT2D eigenvalue weighted by Gasteiger charge is 2.27. The van der Waals surface area contributed by atoms with Gasteiger partial charge >= 0.3 is 0 Å². The molecule has 0 aromatic carbocycles. The summed E-state index contributed by atoms with van der Waals surface area (Å²) in [7, 11) is 6.02. The van der Waals surface area contributed by atoms with Crippen LogP contribution < -0.4 is 11.1 Å². The van der Waals surface area contributed by atoms with Crippen LogP contribution in [0.5, 0.6) is 0 Å². The molecule has 0 saturated carbocycles. The molecular weight excluding hydrogens is 264 g/mol. The van der Waals surface area contributed by atoms with E-state index >= 15 is 0 Å². The zero-order valence-electron chi connectivity index (χ0n) is 14.9. The lowest BCUT2D eigenvalue weighted by Gasteiger charge is -2.28. The van der Waals surface area contributed by atoms with Gasteiger partial charge in [-0.15, -0.1) is 0 Å². The summed E-state index contributed by atoms with van der Waals surface area (Å²) in [5.74, 6) is 0.414. The predicted molar refractivity (Wildman–Crippen MR) is 90.3 cm³/mol. The number of nitrogens with one attached hydrogen (secondary N) is 1. The number of hydrogen-bond acceptors (Lipinski definition) is 4. The molecule has 5 heteroatoms. The van der Waals surface area contributed by atoms with Crippen molar-refractivity contribution in [2.24, 2.45) is 11.7 Å². The third-order valence-corrected chi connectivity index (χ3v) is 3.98. The molecule has 0 aliphatic heterocycles. The quantitative estimate of drug-likeness (QED) is 0.531. The zero-order chi connectivity index (χ0) is 16.5. The predicted octanol–water partition coefficient (Wildman–Crippen LogP) is 1.14. The number of nitrogens with two attached hydrogens (primary N) is 1. The number of primary amides is 1. The standard InChI is InChI=1S/C16H36N4O/c1-14(2)13-20(12-11-19(5)6)10-8-7-9-16(3,18-4)15(17)21/h14,18H,7-13H2,1-6H3,(H2,17,21). The molecule has 3 N–H and O–H groups in total. The Labute approximate surface area is 131 Å². The van der Waals surface area contributed by atoms with Crippen LogP contribution in [0.3, 0.4) is 0 Å². The number of carbonyl (C=O) groups excluding carboxylic acids is 1. The molecule has 126 valence electrons. The first kappa shape index (κ1) is 20.3. The summed E-state index contributed by atoms with van der Waals surface area (Å²) < 4.78 is 0. The topological polar surface area (TPSA) is 61.6 Å². The first-order chi connectivity index (χ1) is 9.71. The smallest absolute Gasteiger partial charge is 0.237 e. The highest BCUT2D eigenvalue weighted by Crippen LogP contribution is 2.13. The van der Waals surface area contributed by atoms with Gasteiger partial charge in [0.15, 0.2) is 0 Å². The average molecular weight is 300 g/mol. The Morgan fingerprint density at radius 3 is 2.24 bits per heavy atom. The number of nitrogens with zero attached hydrogens (tertiary/aromatic N) is 2. The Hall–Kier alpha value is -0.650. The van der Waals surface area contributed by atoms with Gasteiger partial charge in [-0.3, -0.25) is 4.79 Å². The number of likely N-dealkylation sites (N-methyl/N-ethyl adjacent to an activating group) is 2. The van der Waals surface area contributed by atoms with Crippen LogP contribution in [0.1, 0.15) is 40.0 Å². The summed E-state index contributed by atoms with van der Waals surface area (Å²) in [5.41, 5.74) is 4.88. The Bertz CT molecular complexity index is 294. The van der Waals surface area contributed by atoms with Gasteiger partial charge in [0, 0.05) is 19.6 Å². The Morgan fingerprint density at radius 1 is 1.19 bits per heavy atom. The molecule has 0 aromatic rings. The van der Waals surface area contributed by atoms with Crippen molar-refractivity contribution in [3.63, 3.8) is 0 Å². The third-order valence-electron chi connectivity index (χ3n) is 3.98. The highest BCUT2D eigenvalue weighted by atomic mass is 16.1. The minimum Gasteiger partial charge on any atom is -0.368 e. The molecule has 0 aromatic heterocycles. The van der Waals surface area contributed by atoms with E-state index in [0.717, 1.165) is 45.4 Å². The van der Waals surface area contributed by atoms with E-state index in [-0.39, 0.29) is 5.91 Å². The largest absolute Gasteiger partial charge is 0.368 e. The van der Waals surface area contributed by atoms with Gasteiger partial charge in [0.05, 0.1) is 5.54 Å². The van der Waals surface area contributed by atoms with Gasteiger partial charge in [0.2, 0.25) is 5.91 Å². The van der Waals surface area contributed by atoms with Crippen molar-refractivity contribution in [2.75, 3.05) is 47.3 Å². The van der Waals surface area contributed by atoms with Crippen molar-refractivity contribution in [3.8, 4) is 0 Å². The van der Waals surface area contributed by atoms with Gasteiger partial charge in [-0.1, -0.05) is 13.8 Å². The van der Waals surface area contributed by atoms with Crippen LogP contribution in [0.25, 0.3) is 0 Å². The molecule has 0 bridgehead atoms. The lowest BCUT2D eigenvalue weighted by Crippen LogP contribution is -2.51. The molecular formula is C16H36N4O. The second-order valence-electron chi connectivity index (χ2n) is 6.90. The maximum atomic E-state index is 11.4. The average Bonchev–Trinajstić information content (AvgIpc) is 2.39. The molecule has 0 spiro atoms. The molecule has 1 unspecified atom stereocenters. The van der Waals surface area contributed by atoms with Crippen LogP contribution in [-0.2, 0) is 4.79 Å². The molecule has 0 aliphatic carbocycles. The van der Waals surface area contributed by atoms with Crippen molar-refractivity contribution in [2.45, 2.75) is 45.6 Å². The van der Waals surface area contributed by atoms with Gasteiger partial charge in [0.25, 0.3) is 0 Å². The van der Waals surface area contributed by atoms with Crippen molar-refractivity contribution in [3.05, 3.63) is 0 Å². The van der Waals surface area contributed by atoms with E-state index in [2.05, 4.69) is 43.1 Å². The van der Waals surface area contributed by atoms with Gasteiger partial charge in [-0.2, -0.15) is 0 Å². The summed E-state index contributed by atoms with van der Waals surface area (Å²) in [5, 5.41) is 3.04. The molecule has 1 amide bonds. The molecule has 0 saturated heterocycles. The minimum atomic E-state index is -0.577. The van der Waals surface area contributed by atoms with Crippen LogP contribution in [-0.4, -0.2) is 68.6 Å². The first-order valence-electron chi connectivity index (χ1n) is 8.07. The fraction of sp³-hybridized carbons (Fsp3) is 0.938. The molecule has 0 radical (unpaired) electrons. The lowest BCUT2D eigenvalue weighted by molar-refractivity contribution is -0.123.